The van der Waals surface area contributed by atoms with Crippen LogP contribution in [0.1, 0.15) is 37.4 Å². The molecule has 1 aliphatic carbocycles. The number of ether oxygens (including phenoxy) is 1. The molecule has 1 aromatic heterocycles. The molecule has 1 saturated carbocycles. The number of nitrogens with one attached hydrogen (secondary N) is 1. The van der Waals surface area contributed by atoms with Crippen molar-refractivity contribution >= 4 is 21.7 Å². The summed E-state index contributed by atoms with van der Waals surface area (Å²) in [4.78, 5) is 8.96. The van der Waals surface area contributed by atoms with E-state index < -0.39 is 0 Å². The van der Waals surface area contributed by atoms with Crippen LogP contribution in [0.2, 0.25) is 0 Å². The summed E-state index contributed by atoms with van der Waals surface area (Å²) >= 11 is 3.44. The van der Waals surface area contributed by atoms with Gasteiger partial charge in [0.25, 0.3) is 0 Å². The van der Waals surface area contributed by atoms with Gasteiger partial charge in [0.05, 0.1) is 6.10 Å². The Morgan fingerprint density at radius 3 is 2.94 bits per heavy atom. The Labute approximate surface area is 109 Å². The molecule has 1 aromatic rings. The summed E-state index contributed by atoms with van der Waals surface area (Å²) in [5.41, 5.74) is 0. The molecule has 5 heteroatoms. The van der Waals surface area contributed by atoms with Crippen LogP contribution in [0.3, 0.4) is 0 Å². The average molecular weight is 298 g/mol. The molecule has 0 bridgehead atoms. The lowest BCUT2D eigenvalue weighted by Crippen LogP contribution is -2.19. The molecular formula is C12H16BrN3O. The monoisotopic (exact) mass is 297 g/mol. The van der Waals surface area contributed by atoms with Crippen LogP contribution in [0.5, 0.6) is 0 Å². The summed E-state index contributed by atoms with van der Waals surface area (Å²) in [6.45, 7) is 1.74. The van der Waals surface area contributed by atoms with Gasteiger partial charge in [0.1, 0.15) is 16.2 Å². The zero-order valence-corrected chi connectivity index (χ0v) is 11.2. The lowest BCUT2D eigenvalue weighted by atomic mass is 10.2. The summed E-state index contributed by atoms with van der Waals surface area (Å²) in [5, 5.41) is 3.34. The van der Waals surface area contributed by atoms with Gasteiger partial charge >= 0.3 is 0 Å². The minimum absolute atomic E-state index is 0.341. The minimum atomic E-state index is 0.341. The van der Waals surface area contributed by atoms with E-state index in [1.54, 1.807) is 0 Å². The van der Waals surface area contributed by atoms with Crippen molar-refractivity contribution in [2.24, 2.45) is 0 Å². The fourth-order valence-corrected chi connectivity index (χ4v) is 2.47. The minimum Gasteiger partial charge on any atom is -0.376 e. The first kappa shape index (κ1) is 11.4. The number of nitrogens with zero attached hydrogens (tertiary/aromatic N) is 2. The van der Waals surface area contributed by atoms with Gasteiger partial charge in [-0.15, -0.1) is 0 Å². The largest absolute Gasteiger partial charge is 0.376 e. The molecule has 2 fully saturated rings. The molecule has 0 radical (unpaired) electrons. The van der Waals surface area contributed by atoms with Crippen LogP contribution in [0.25, 0.3) is 0 Å². The first-order valence-corrected chi connectivity index (χ1v) is 7.00. The highest BCUT2D eigenvalue weighted by molar-refractivity contribution is 9.10. The number of rotatable bonds is 4. The van der Waals surface area contributed by atoms with E-state index in [4.69, 9.17) is 4.74 Å². The van der Waals surface area contributed by atoms with Gasteiger partial charge in [-0.2, -0.15) is 0 Å². The first-order chi connectivity index (χ1) is 8.31. The lowest BCUT2D eigenvalue weighted by Gasteiger charge is -2.12. The van der Waals surface area contributed by atoms with Crippen LogP contribution in [0.15, 0.2) is 10.7 Å². The van der Waals surface area contributed by atoms with Gasteiger partial charge in [-0.1, -0.05) is 0 Å². The topological polar surface area (TPSA) is 47.0 Å². The van der Waals surface area contributed by atoms with Crippen molar-refractivity contribution < 1.29 is 4.74 Å². The van der Waals surface area contributed by atoms with E-state index in [-0.39, 0.29) is 0 Å². The van der Waals surface area contributed by atoms with E-state index >= 15 is 0 Å². The van der Waals surface area contributed by atoms with Crippen molar-refractivity contribution in [2.75, 3.05) is 18.5 Å². The van der Waals surface area contributed by atoms with Gasteiger partial charge in [-0.3, -0.25) is 0 Å². The van der Waals surface area contributed by atoms with Crippen LogP contribution in [-0.2, 0) is 4.74 Å². The second kappa shape index (κ2) is 4.90. The smallest absolute Gasteiger partial charge is 0.135 e. The second-order valence-corrected chi connectivity index (χ2v) is 5.54. The zero-order chi connectivity index (χ0) is 11.7. The quantitative estimate of drug-likeness (QED) is 0.868. The van der Waals surface area contributed by atoms with Crippen molar-refractivity contribution in [2.45, 2.75) is 37.7 Å². The van der Waals surface area contributed by atoms with E-state index in [0.29, 0.717) is 12.0 Å². The SMILES string of the molecule is Brc1cc(NCC2CCCO2)nc(C2CC2)n1. The Morgan fingerprint density at radius 2 is 2.24 bits per heavy atom. The molecular weight excluding hydrogens is 282 g/mol. The summed E-state index contributed by atoms with van der Waals surface area (Å²) in [6, 6.07) is 1.93. The Bertz CT molecular complexity index is 403. The highest BCUT2D eigenvalue weighted by Crippen LogP contribution is 2.38. The summed E-state index contributed by atoms with van der Waals surface area (Å²) in [5.74, 6) is 2.45. The van der Waals surface area contributed by atoms with Gasteiger partial charge in [-0.05, 0) is 41.6 Å². The Morgan fingerprint density at radius 1 is 1.35 bits per heavy atom. The van der Waals surface area contributed by atoms with Gasteiger partial charge in [0.2, 0.25) is 0 Å². The first-order valence-electron chi connectivity index (χ1n) is 6.21. The summed E-state index contributed by atoms with van der Waals surface area (Å²) in [7, 11) is 0. The number of hydrogen-bond donors (Lipinski definition) is 1. The molecule has 0 aromatic carbocycles. The van der Waals surface area contributed by atoms with Crippen molar-refractivity contribution in [3.8, 4) is 0 Å². The maximum atomic E-state index is 5.58. The highest BCUT2D eigenvalue weighted by atomic mass is 79.9. The van der Waals surface area contributed by atoms with Crippen molar-refractivity contribution in [1.82, 2.24) is 9.97 Å². The number of halogens is 1. The molecule has 1 atom stereocenters. The number of hydrogen-bond acceptors (Lipinski definition) is 4. The number of aromatic nitrogens is 2. The fraction of sp³-hybridized carbons (Fsp3) is 0.667. The van der Waals surface area contributed by atoms with Crippen LogP contribution >= 0.6 is 15.9 Å². The zero-order valence-electron chi connectivity index (χ0n) is 9.66. The molecule has 1 aliphatic heterocycles. The average Bonchev–Trinajstić information content (AvgIpc) is 3.04. The van der Waals surface area contributed by atoms with E-state index in [2.05, 4.69) is 31.2 Å². The molecule has 0 spiro atoms. The van der Waals surface area contributed by atoms with Crippen LogP contribution < -0.4 is 5.32 Å². The summed E-state index contributed by atoms with van der Waals surface area (Å²) < 4.78 is 6.44. The van der Waals surface area contributed by atoms with Crippen LogP contribution in [0.4, 0.5) is 5.82 Å². The third-order valence-electron chi connectivity index (χ3n) is 3.19. The molecule has 1 saturated heterocycles. The summed E-state index contributed by atoms with van der Waals surface area (Å²) in [6.07, 6.45) is 5.11. The molecule has 2 heterocycles. The Hall–Kier alpha value is -0.680. The Kier molecular flexibility index (Phi) is 3.29. The maximum absolute atomic E-state index is 5.58. The van der Waals surface area contributed by atoms with Gasteiger partial charge < -0.3 is 10.1 Å². The van der Waals surface area contributed by atoms with E-state index in [9.17, 15) is 0 Å². The van der Waals surface area contributed by atoms with Crippen molar-refractivity contribution in [1.29, 1.82) is 0 Å². The molecule has 17 heavy (non-hydrogen) atoms. The molecule has 4 nitrogen and oxygen atoms in total. The molecule has 92 valence electrons. The number of anilines is 1. The molecule has 2 aliphatic rings. The van der Waals surface area contributed by atoms with E-state index in [0.717, 1.165) is 35.8 Å². The molecule has 0 amide bonds. The Balaban J connectivity index is 1.64. The standard InChI is InChI=1S/C12H16BrN3O/c13-10-6-11(14-7-9-2-1-5-17-9)16-12(15-10)8-3-4-8/h6,8-9H,1-5,7H2,(H,14,15,16). The molecule has 1 unspecified atom stereocenters. The maximum Gasteiger partial charge on any atom is 0.135 e. The predicted octanol–water partition coefficient (Wildman–Crippen LogP) is 2.71. The second-order valence-electron chi connectivity index (χ2n) is 4.72. The lowest BCUT2D eigenvalue weighted by molar-refractivity contribution is 0.120. The third kappa shape index (κ3) is 2.96. The van der Waals surface area contributed by atoms with Crippen molar-refractivity contribution in [3.05, 3.63) is 16.5 Å². The van der Waals surface area contributed by atoms with Crippen molar-refractivity contribution in [3.63, 3.8) is 0 Å². The van der Waals surface area contributed by atoms with Gasteiger partial charge in [-0.25, -0.2) is 9.97 Å². The van der Waals surface area contributed by atoms with E-state index in [1.165, 1.54) is 19.3 Å². The van der Waals surface area contributed by atoms with Gasteiger partial charge in [0.15, 0.2) is 0 Å². The highest BCUT2D eigenvalue weighted by Gasteiger charge is 2.27. The normalized spacial score (nSPS) is 23.9. The predicted molar refractivity (Wildman–Crippen MR) is 69.2 cm³/mol. The third-order valence-corrected chi connectivity index (χ3v) is 3.60. The molecule has 1 N–H and O–H groups in total. The van der Waals surface area contributed by atoms with Crippen LogP contribution in [-0.4, -0.2) is 29.2 Å². The van der Waals surface area contributed by atoms with Crippen LogP contribution in [0, 0.1) is 0 Å². The van der Waals surface area contributed by atoms with E-state index in [1.807, 2.05) is 6.07 Å². The molecule has 3 rings (SSSR count). The fourth-order valence-electron chi connectivity index (χ4n) is 2.07. The van der Waals surface area contributed by atoms with Gasteiger partial charge in [0, 0.05) is 25.1 Å².